The van der Waals surface area contributed by atoms with Crippen molar-refractivity contribution >= 4 is 11.9 Å². The van der Waals surface area contributed by atoms with Crippen LogP contribution in [0.4, 0.5) is 0 Å². The summed E-state index contributed by atoms with van der Waals surface area (Å²) in [5.41, 5.74) is 1.79. The number of carbonyl (C=O) groups is 2. The zero-order valence-corrected chi connectivity index (χ0v) is 14.0. The van der Waals surface area contributed by atoms with Gasteiger partial charge in [-0.25, -0.2) is 0 Å². The van der Waals surface area contributed by atoms with E-state index in [4.69, 9.17) is 5.11 Å². The Morgan fingerprint density at radius 2 is 2.16 bits per heavy atom. The number of piperidine rings is 1. The van der Waals surface area contributed by atoms with Gasteiger partial charge in [-0.1, -0.05) is 6.07 Å². The number of aryl methyl sites for hydroxylation is 1. The maximum absolute atomic E-state index is 12.5. The van der Waals surface area contributed by atoms with Gasteiger partial charge in [0.25, 0.3) is 0 Å². The summed E-state index contributed by atoms with van der Waals surface area (Å²) in [4.78, 5) is 29.4. The topological polar surface area (TPSA) is 88.3 Å². The van der Waals surface area contributed by atoms with E-state index in [2.05, 4.69) is 10.1 Å². The molecule has 1 amide bonds. The Morgan fingerprint density at radius 1 is 1.28 bits per heavy atom. The molecule has 1 aliphatic heterocycles. The van der Waals surface area contributed by atoms with E-state index in [9.17, 15) is 9.59 Å². The molecule has 1 N–H and O–H groups in total. The largest absolute Gasteiger partial charge is 0.480 e. The summed E-state index contributed by atoms with van der Waals surface area (Å²) in [6.07, 6.45) is 6.43. The monoisotopic (exact) mass is 342 g/mol. The van der Waals surface area contributed by atoms with E-state index >= 15 is 0 Å². The van der Waals surface area contributed by atoms with Crippen molar-refractivity contribution in [3.05, 3.63) is 48.0 Å². The van der Waals surface area contributed by atoms with E-state index < -0.39 is 5.97 Å². The van der Waals surface area contributed by atoms with Crippen LogP contribution in [0.25, 0.3) is 0 Å². The smallest absolute Gasteiger partial charge is 0.325 e. The lowest BCUT2D eigenvalue weighted by atomic mass is 9.94. The van der Waals surface area contributed by atoms with Gasteiger partial charge in [0.15, 0.2) is 0 Å². The summed E-state index contributed by atoms with van der Waals surface area (Å²) < 4.78 is 1.43. The average Bonchev–Trinajstić information content (AvgIpc) is 3.08. The number of hydrogen-bond donors (Lipinski definition) is 1. The van der Waals surface area contributed by atoms with Gasteiger partial charge in [-0.3, -0.25) is 19.3 Å². The SMILES string of the molecule is O=C(O)Cn1ccc([C@H]2CCCN(C(=O)CCc3ccccn3)C2)n1. The van der Waals surface area contributed by atoms with Crippen molar-refractivity contribution in [1.82, 2.24) is 19.7 Å². The number of aromatic nitrogens is 3. The standard InChI is InChI=1S/C18H22N4O3/c23-17(7-6-15-5-1-2-9-19-15)21-10-3-4-14(12-21)16-8-11-22(20-16)13-18(24)25/h1-2,5,8-9,11,14H,3-4,6-7,10,12-13H2,(H,24,25)/t14-/m0/s1. The normalized spacial score (nSPS) is 17.4. The Bertz CT molecular complexity index is 729. The Morgan fingerprint density at radius 3 is 2.92 bits per heavy atom. The summed E-state index contributed by atoms with van der Waals surface area (Å²) in [6.45, 7) is 1.28. The van der Waals surface area contributed by atoms with E-state index in [0.29, 0.717) is 19.4 Å². The van der Waals surface area contributed by atoms with Crippen LogP contribution in [0.3, 0.4) is 0 Å². The fraction of sp³-hybridized carbons (Fsp3) is 0.444. The Balaban J connectivity index is 1.56. The van der Waals surface area contributed by atoms with Crippen molar-refractivity contribution in [1.29, 1.82) is 0 Å². The van der Waals surface area contributed by atoms with Gasteiger partial charge >= 0.3 is 5.97 Å². The molecule has 0 aliphatic carbocycles. The molecule has 2 aromatic rings. The molecule has 1 atom stereocenters. The number of amides is 1. The van der Waals surface area contributed by atoms with Gasteiger partial charge in [0.1, 0.15) is 6.54 Å². The number of likely N-dealkylation sites (tertiary alicyclic amines) is 1. The van der Waals surface area contributed by atoms with E-state index in [1.165, 1.54) is 4.68 Å². The second kappa shape index (κ2) is 7.92. The van der Waals surface area contributed by atoms with Crippen LogP contribution in [0.1, 0.15) is 36.6 Å². The minimum atomic E-state index is -0.912. The maximum atomic E-state index is 12.5. The van der Waals surface area contributed by atoms with Crippen molar-refractivity contribution in [2.24, 2.45) is 0 Å². The van der Waals surface area contributed by atoms with Crippen molar-refractivity contribution < 1.29 is 14.7 Å². The number of carbonyl (C=O) groups excluding carboxylic acids is 1. The fourth-order valence-corrected chi connectivity index (χ4v) is 3.21. The third-order valence-corrected chi connectivity index (χ3v) is 4.47. The minimum absolute atomic E-state index is 0.139. The molecule has 3 heterocycles. The quantitative estimate of drug-likeness (QED) is 0.863. The fourth-order valence-electron chi connectivity index (χ4n) is 3.21. The van der Waals surface area contributed by atoms with Gasteiger partial charge in [0, 0.05) is 43.5 Å². The van der Waals surface area contributed by atoms with Crippen LogP contribution in [0.5, 0.6) is 0 Å². The number of nitrogens with zero attached hydrogens (tertiary/aromatic N) is 4. The van der Waals surface area contributed by atoms with Gasteiger partial charge in [0.2, 0.25) is 5.91 Å². The zero-order chi connectivity index (χ0) is 17.6. The first kappa shape index (κ1) is 17.1. The summed E-state index contributed by atoms with van der Waals surface area (Å²) in [6, 6.07) is 7.58. The molecule has 7 heteroatoms. The van der Waals surface area contributed by atoms with Gasteiger partial charge < -0.3 is 10.0 Å². The third-order valence-electron chi connectivity index (χ3n) is 4.47. The molecule has 7 nitrogen and oxygen atoms in total. The molecule has 0 radical (unpaired) electrons. The first-order chi connectivity index (χ1) is 12.1. The minimum Gasteiger partial charge on any atom is -0.480 e. The molecule has 2 aromatic heterocycles. The summed E-state index contributed by atoms with van der Waals surface area (Å²) in [7, 11) is 0. The lowest BCUT2D eigenvalue weighted by molar-refractivity contribution is -0.138. The molecule has 25 heavy (non-hydrogen) atoms. The van der Waals surface area contributed by atoms with Crippen molar-refractivity contribution in [3.63, 3.8) is 0 Å². The number of pyridine rings is 1. The summed E-state index contributed by atoms with van der Waals surface area (Å²) >= 11 is 0. The van der Waals surface area contributed by atoms with Gasteiger partial charge in [-0.2, -0.15) is 5.10 Å². The summed E-state index contributed by atoms with van der Waals surface area (Å²) in [5.74, 6) is -0.604. The number of hydrogen-bond acceptors (Lipinski definition) is 4. The molecular formula is C18H22N4O3. The van der Waals surface area contributed by atoms with Gasteiger partial charge in [-0.15, -0.1) is 0 Å². The first-order valence-electron chi connectivity index (χ1n) is 8.54. The highest BCUT2D eigenvalue weighted by atomic mass is 16.4. The molecule has 0 aromatic carbocycles. The highest BCUT2D eigenvalue weighted by Gasteiger charge is 2.26. The Hall–Kier alpha value is -2.70. The van der Waals surface area contributed by atoms with Crippen LogP contribution < -0.4 is 0 Å². The van der Waals surface area contributed by atoms with Crippen molar-refractivity contribution in [2.75, 3.05) is 13.1 Å². The number of aliphatic carboxylic acids is 1. The van der Waals surface area contributed by atoms with Crippen LogP contribution >= 0.6 is 0 Å². The Labute approximate surface area is 146 Å². The van der Waals surface area contributed by atoms with Crippen molar-refractivity contribution in [3.8, 4) is 0 Å². The van der Waals surface area contributed by atoms with E-state index in [1.807, 2.05) is 29.2 Å². The zero-order valence-electron chi connectivity index (χ0n) is 14.0. The van der Waals surface area contributed by atoms with Crippen LogP contribution in [0.2, 0.25) is 0 Å². The lowest BCUT2D eigenvalue weighted by Gasteiger charge is -2.32. The third kappa shape index (κ3) is 4.65. The predicted molar refractivity (Wildman–Crippen MR) is 91.0 cm³/mol. The predicted octanol–water partition coefficient (Wildman–Crippen LogP) is 1.70. The van der Waals surface area contributed by atoms with E-state index in [0.717, 1.165) is 30.8 Å². The van der Waals surface area contributed by atoms with Crippen LogP contribution in [0.15, 0.2) is 36.7 Å². The molecule has 132 valence electrons. The maximum Gasteiger partial charge on any atom is 0.325 e. The second-order valence-electron chi connectivity index (χ2n) is 6.33. The van der Waals surface area contributed by atoms with Crippen molar-refractivity contribution in [2.45, 2.75) is 38.1 Å². The summed E-state index contributed by atoms with van der Waals surface area (Å²) in [5, 5.41) is 13.2. The number of carboxylic acids is 1. The van der Waals surface area contributed by atoms with Crippen LogP contribution in [-0.2, 0) is 22.6 Å². The molecule has 1 saturated heterocycles. The lowest BCUT2D eigenvalue weighted by Crippen LogP contribution is -2.39. The Kier molecular flexibility index (Phi) is 5.42. The molecule has 3 rings (SSSR count). The molecule has 0 unspecified atom stereocenters. The highest BCUT2D eigenvalue weighted by Crippen LogP contribution is 2.26. The van der Waals surface area contributed by atoms with E-state index in [1.54, 1.807) is 12.4 Å². The molecule has 0 saturated carbocycles. The van der Waals surface area contributed by atoms with E-state index in [-0.39, 0.29) is 18.4 Å². The van der Waals surface area contributed by atoms with Crippen LogP contribution in [-0.4, -0.2) is 49.7 Å². The van der Waals surface area contributed by atoms with Gasteiger partial charge in [0.05, 0.1) is 5.69 Å². The molecular weight excluding hydrogens is 320 g/mol. The van der Waals surface area contributed by atoms with Gasteiger partial charge in [-0.05, 0) is 37.5 Å². The molecule has 0 bridgehead atoms. The molecule has 0 spiro atoms. The number of rotatable bonds is 6. The molecule has 1 aliphatic rings. The first-order valence-corrected chi connectivity index (χ1v) is 8.54. The second-order valence-corrected chi connectivity index (χ2v) is 6.33. The highest BCUT2D eigenvalue weighted by molar-refractivity contribution is 5.76. The molecule has 1 fully saturated rings. The average molecular weight is 342 g/mol. The number of carboxylic acid groups (broad SMARTS) is 1. The van der Waals surface area contributed by atoms with Crippen LogP contribution in [0, 0.1) is 0 Å².